The molecule has 12 heteroatoms. The lowest BCUT2D eigenvalue weighted by Crippen LogP contribution is -2.09. The summed E-state index contributed by atoms with van der Waals surface area (Å²) in [6, 6.07) is 4.11. The molecule has 1 heterocycles. The van der Waals surface area contributed by atoms with Crippen molar-refractivity contribution < 1.29 is 14.8 Å². The Balaban J connectivity index is 2.67. The summed E-state index contributed by atoms with van der Waals surface area (Å²) in [5.74, 6) is 0. The van der Waals surface area contributed by atoms with Gasteiger partial charge in [-0.2, -0.15) is 0 Å². The molecule has 0 saturated carbocycles. The number of non-ortho nitro benzene ring substituents is 3. The second-order valence-electron chi connectivity index (χ2n) is 4.96. The third kappa shape index (κ3) is 2.57. The molecule has 0 fully saturated rings. The van der Waals surface area contributed by atoms with Crippen LogP contribution in [0.15, 0.2) is 33.5 Å². The van der Waals surface area contributed by atoms with Gasteiger partial charge in [0, 0.05) is 22.0 Å². The topological polar surface area (TPSA) is 162 Å². The van der Waals surface area contributed by atoms with Crippen LogP contribution in [-0.4, -0.2) is 19.8 Å². The van der Waals surface area contributed by atoms with Gasteiger partial charge in [0.25, 0.3) is 22.6 Å². The number of nitrogens with zero attached hydrogens (tertiary/aromatic N) is 3. The number of nitrogens with one attached hydrogen (secondary N) is 1. The van der Waals surface area contributed by atoms with Crippen molar-refractivity contribution in [2.24, 2.45) is 0 Å². The van der Waals surface area contributed by atoms with Gasteiger partial charge in [0.1, 0.15) is 5.52 Å². The Morgan fingerprint density at radius 2 is 1.48 bits per heavy atom. The molecule has 0 aliphatic heterocycles. The zero-order chi connectivity index (χ0) is 18.5. The zero-order valence-corrected chi connectivity index (χ0v) is 13.5. The Bertz CT molecular complexity index is 1170. The molecule has 0 saturated heterocycles. The summed E-state index contributed by atoms with van der Waals surface area (Å²) in [5.41, 5.74) is -2.89. The number of rotatable bonds is 3. The number of halogens is 1. The number of aromatic amines is 1. The molecule has 0 aliphatic rings. The first kappa shape index (κ1) is 16.4. The van der Waals surface area contributed by atoms with Crippen LogP contribution in [0.2, 0.25) is 0 Å². The van der Waals surface area contributed by atoms with E-state index in [-0.39, 0.29) is 26.1 Å². The molecule has 25 heavy (non-hydrogen) atoms. The smallest absolute Gasteiger partial charge is 0.294 e. The van der Waals surface area contributed by atoms with E-state index in [1.165, 1.54) is 6.07 Å². The molecule has 11 nitrogen and oxygen atoms in total. The third-order valence-electron chi connectivity index (χ3n) is 3.54. The second-order valence-corrected chi connectivity index (χ2v) is 5.88. The average Bonchev–Trinajstić information content (AvgIpc) is 2.53. The maximum Gasteiger partial charge on any atom is 0.294 e. The fourth-order valence-corrected chi connectivity index (χ4v) is 3.02. The van der Waals surface area contributed by atoms with E-state index >= 15 is 0 Å². The molecule has 126 valence electrons. The number of fused-ring (bicyclic) bond motifs is 3. The van der Waals surface area contributed by atoms with Crippen LogP contribution < -0.4 is 5.56 Å². The highest BCUT2D eigenvalue weighted by Gasteiger charge is 2.26. The summed E-state index contributed by atoms with van der Waals surface area (Å²) in [5, 5.41) is 33.1. The SMILES string of the molecule is O=c1[nH]c2c([N+](=O)[O-])cc(Br)cc2c2c([N+](=O)[O-])cc([N+](=O)[O-])cc12. The molecule has 3 aromatic rings. The predicted molar refractivity (Wildman–Crippen MR) is 89.7 cm³/mol. The Labute approximate surface area is 144 Å². The fourth-order valence-electron chi connectivity index (χ4n) is 2.57. The molecule has 0 bridgehead atoms. The maximum atomic E-state index is 12.3. The number of H-pyrrole nitrogens is 1. The molecule has 3 rings (SSSR count). The average molecular weight is 409 g/mol. The van der Waals surface area contributed by atoms with Crippen molar-refractivity contribution >= 4 is 54.7 Å². The molecule has 0 aliphatic carbocycles. The first-order valence-corrected chi connectivity index (χ1v) is 7.26. The molecule has 1 N–H and O–H groups in total. The third-order valence-corrected chi connectivity index (χ3v) is 4.00. The monoisotopic (exact) mass is 408 g/mol. The number of nitro groups is 3. The fraction of sp³-hybridized carbons (Fsp3) is 0. The molecular weight excluding hydrogens is 404 g/mol. The Hall–Kier alpha value is -3.41. The number of pyridine rings is 1. The second kappa shape index (κ2) is 5.59. The lowest BCUT2D eigenvalue weighted by atomic mass is 10.0. The van der Waals surface area contributed by atoms with Gasteiger partial charge in [0.05, 0.1) is 31.6 Å². The standard InChI is InChI=1S/C13H5BrN4O7/c14-5-1-7-11-8(3-6(16(20)21)4-9(11)17(22)23)13(19)15-12(7)10(2-5)18(24)25/h1-4H,(H,15,19). The molecule has 0 amide bonds. The molecule has 0 unspecified atom stereocenters. The van der Waals surface area contributed by atoms with Gasteiger partial charge in [-0.1, -0.05) is 15.9 Å². The normalized spacial score (nSPS) is 10.9. The van der Waals surface area contributed by atoms with E-state index in [2.05, 4.69) is 20.9 Å². The van der Waals surface area contributed by atoms with Crippen LogP contribution in [0.25, 0.3) is 21.7 Å². The van der Waals surface area contributed by atoms with E-state index in [1.807, 2.05) is 0 Å². The predicted octanol–water partition coefficient (Wildman–Crippen LogP) is 3.17. The van der Waals surface area contributed by atoms with Gasteiger partial charge in [-0.15, -0.1) is 0 Å². The van der Waals surface area contributed by atoms with Crippen molar-refractivity contribution in [3.05, 3.63) is 69.4 Å². The van der Waals surface area contributed by atoms with Crippen molar-refractivity contribution in [1.82, 2.24) is 4.98 Å². The lowest BCUT2D eigenvalue weighted by molar-refractivity contribution is -0.393. The van der Waals surface area contributed by atoms with Gasteiger partial charge in [0.15, 0.2) is 0 Å². The van der Waals surface area contributed by atoms with Crippen LogP contribution in [0.4, 0.5) is 17.1 Å². The van der Waals surface area contributed by atoms with Crippen molar-refractivity contribution in [2.45, 2.75) is 0 Å². The Morgan fingerprint density at radius 1 is 0.840 bits per heavy atom. The van der Waals surface area contributed by atoms with E-state index in [9.17, 15) is 35.1 Å². The van der Waals surface area contributed by atoms with E-state index in [0.717, 1.165) is 12.1 Å². The number of aromatic nitrogens is 1. The molecule has 0 radical (unpaired) electrons. The minimum atomic E-state index is -0.903. The number of nitro benzene ring substituents is 3. The number of hydrogen-bond acceptors (Lipinski definition) is 7. The molecule has 0 atom stereocenters. The maximum absolute atomic E-state index is 12.3. The van der Waals surface area contributed by atoms with Crippen LogP contribution in [0, 0.1) is 30.3 Å². The van der Waals surface area contributed by atoms with Gasteiger partial charge in [-0.05, 0) is 6.07 Å². The summed E-state index contributed by atoms with van der Waals surface area (Å²) in [6.45, 7) is 0. The largest absolute Gasteiger partial charge is 0.316 e. The van der Waals surface area contributed by atoms with E-state index in [1.54, 1.807) is 0 Å². The zero-order valence-electron chi connectivity index (χ0n) is 11.9. The highest BCUT2D eigenvalue weighted by Crippen LogP contribution is 2.37. The van der Waals surface area contributed by atoms with Crippen LogP contribution in [-0.2, 0) is 0 Å². The Morgan fingerprint density at radius 3 is 2.04 bits per heavy atom. The van der Waals surface area contributed by atoms with E-state index < -0.39 is 37.4 Å². The van der Waals surface area contributed by atoms with Gasteiger partial charge in [0.2, 0.25) is 0 Å². The van der Waals surface area contributed by atoms with Crippen molar-refractivity contribution in [1.29, 1.82) is 0 Å². The minimum Gasteiger partial charge on any atom is -0.316 e. The molecule has 2 aromatic carbocycles. The van der Waals surface area contributed by atoms with Crippen LogP contribution >= 0.6 is 15.9 Å². The summed E-state index contributed by atoms with van der Waals surface area (Å²) in [4.78, 5) is 45.6. The highest BCUT2D eigenvalue weighted by molar-refractivity contribution is 9.10. The lowest BCUT2D eigenvalue weighted by Gasteiger charge is -2.06. The summed E-state index contributed by atoms with van der Waals surface area (Å²) in [6.07, 6.45) is 0. The van der Waals surface area contributed by atoms with E-state index in [0.29, 0.717) is 6.07 Å². The molecular formula is C13H5BrN4O7. The minimum absolute atomic E-state index is 0.0253. The van der Waals surface area contributed by atoms with Crippen LogP contribution in [0.1, 0.15) is 0 Å². The van der Waals surface area contributed by atoms with E-state index in [4.69, 9.17) is 0 Å². The van der Waals surface area contributed by atoms with Crippen molar-refractivity contribution in [3.8, 4) is 0 Å². The summed E-state index contributed by atoms with van der Waals surface area (Å²) in [7, 11) is 0. The van der Waals surface area contributed by atoms with Gasteiger partial charge in [-0.25, -0.2) is 0 Å². The van der Waals surface area contributed by atoms with Crippen LogP contribution in [0.5, 0.6) is 0 Å². The van der Waals surface area contributed by atoms with Crippen molar-refractivity contribution in [2.75, 3.05) is 0 Å². The van der Waals surface area contributed by atoms with Gasteiger partial charge < -0.3 is 4.98 Å². The number of hydrogen-bond donors (Lipinski definition) is 1. The molecule has 1 aromatic heterocycles. The first-order chi connectivity index (χ1) is 11.7. The van der Waals surface area contributed by atoms with Gasteiger partial charge in [-0.3, -0.25) is 35.1 Å². The number of benzene rings is 2. The van der Waals surface area contributed by atoms with Crippen molar-refractivity contribution in [3.63, 3.8) is 0 Å². The summed E-state index contributed by atoms with van der Waals surface area (Å²) >= 11 is 3.08. The Kier molecular flexibility index (Phi) is 3.68. The van der Waals surface area contributed by atoms with Crippen LogP contribution in [0.3, 0.4) is 0 Å². The summed E-state index contributed by atoms with van der Waals surface area (Å²) < 4.78 is 0.257. The molecule has 0 spiro atoms. The first-order valence-electron chi connectivity index (χ1n) is 6.47. The highest BCUT2D eigenvalue weighted by atomic mass is 79.9. The van der Waals surface area contributed by atoms with Gasteiger partial charge >= 0.3 is 0 Å². The quantitative estimate of drug-likeness (QED) is 0.394.